The van der Waals surface area contributed by atoms with E-state index < -0.39 is 0 Å². The molecule has 0 aliphatic carbocycles. The number of rotatable bonds is 2. The minimum atomic E-state index is 0.0365. The molecule has 1 aliphatic rings. The third kappa shape index (κ3) is 2.36. The Morgan fingerprint density at radius 3 is 3.05 bits per heavy atom. The minimum absolute atomic E-state index is 0.0365. The molecule has 1 amide bonds. The number of hydrogen-bond acceptors (Lipinski definition) is 4. The van der Waals surface area contributed by atoms with E-state index in [9.17, 15) is 4.79 Å². The number of para-hydroxylation sites is 2. The van der Waals surface area contributed by atoms with Gasteiger partial charge in [0.05, 0.1) is 23.4 Å². The number of ether oxygens (including phenoxy) is 1. The van der Waals surface area contributed by atoms with Crippen molar-refractivity contribution in [1.82, 2.24) is 0 Å². The molecule has 0 saturated carbocycles. The van der Waals surface area contributed by atoms with Gasteiger partial charge in [-0.2, -0.15) is 0 Å². The molecule has 0 unspecified atom stereocenters. The Labute approximate surface area is 122 Å². The standard InChI is InChI=1S/C15H16N2O2S/c1-19-11-9-14(20-10-11)15(18)17-8-4-7-16-12-5-2-3-6-13(12)17/h2-3,5-6,9-10,16H,4,7-8H2,1H3. The maximum atomic E-state index is 12.7. The predicted octanol–water partition coefficient (Wildman–Crippen LogP) is 3.22. The van der Waals surface area contributed by atoms with Crippen molar-refractivity contribution >= 4 is 28.6 Å². The lowest BCUT2D eigenvalue weighted by Gasteiger charge is -2.21. The predicted molar refractivity (Wildman–Crippen MR) is 82.1 cm³/mol. The second-order valence-corrected chi connectivity index (χ2v) is 5.52. The summed E-state index contributed by atoms with van der Waals surface area (Å²) in [5.41, 5.74) is 1.96. The van der Waals surface area contributed by atoms with Crippen molar-refractivity contribution in [3.8, 4) is 5.75 Å². The Hall–Kier alpha value is -2.01. The molecule has 0 bridgehead atoms. The van der Waals surface area contributed by atoms with Gasteiger partial charge in [-0.25, -0.2) is 0 Å². The monoisotopic (exact) mass is 288 g/mol. The van der Waals surface area contributed by atoms with Gasteiger partial charge in [0.15, 0.2) is 0 Å². The van der Waals surface area contributed by atoms with Crippen LogP contribution in [0.1, 0.15) is 16.1 Å². The largest absolute Gasteiger partial charge is 0.496 e. The lowest BCUT2D eigenvalue weighted by Crippen LogP contribution is -2.30. The first kappa shape index (κ1) is 13.0. The Kier molecular flexibility index (Phi) is 3.60. The van der Waals surface area contributed by atoms with E-state index in [2.05, 4.69) is 5.32 Å². The van der Waals surface area contributed by atoms with Crippen molar-refractivity contribution in [3.05, 3.63) is 40.6 Å². The maximum Gasteiger partial charge on any atom is 0.268 e. The average Bonchev–Trinajstić information content (AvgIpc) is 2.86. The number of methoxy groups -OCH3 is 1. The highest BCUT2D eigenvalue weighted by molar-refractivity contribution is 7.12. The van der Waals surface area contributed by atoms with Gasteiger partial charge in [-0.05, 0) is 18.6 Å². The number of anilines is 2. The van der Waals surface area contributed by atoms with Crippen LogP contribution in [-0.4, -0.2) is 26.1 Å². The van der Waals surface area contributed by atoms with Crippen molar-refractivity contribution in [2.75, 3.05) is 30.4 Å². The van der Waals surface area contributed by atoms with E-state index in [4.69, 9.17) is 4.74 Å². The molecule has 0 fully saturated rings. The van der Waals surface area contributed by atoms with Gasteiger partial charge in [0.25, 0.3) is 5.91 Å². The number of hydrogen-bond donors (Lipinski definition) is 1. The van der Waals surface area contributed by atoms with Crippen LogP contribution in [0.5, 0.6) is 5.75 Å². The summed E-state index contributed by atoms with van der Waals surface area (Å²) < 4.78 is 5.15. The number of carbonyl (C=O) groups is 1. The average molecular weight is 288 g/mol. The second kappa shape index (κ2) is 5.54. The number of nitrogens with zero attached hydrogens (tertiary/aromatic N) is 1. The molecule has 1 aromatic carbocycles. The fourth-order valence-corrected chi connectivity index (χ4v) is 3.12. The highest BCUT2D eigenvalue weighted by Gasteiger charge is 2.23. The molecule has 104 valence electrons. The summed E-state index contributed by atoms with van der Waals surface area (Å²) in [6.07, 6.45) is 0.933. The third-order valence-corrected chi connectivity index (χ3v) is 4.23. The Bertz CT molecular complexity index is 624. The number of nitrogens with one attached hydrogen (secondary N) is 1. The van der Waals surface area contributed by atoms with Crippen LogP contribution in [0, 0.1) is 0 Å². The molecular formula is C15H16N2O2S. The lowest BCUT2D eigenvalue weighted by atomic mass is 10.2. The molecule has 5 heteroatoms. The minimum Gasteiger partial charge on any atom is -0.496 e. The van der Waals surface area contributed by atoms with Gasteiger partial charge in [0.2, 0.25) is 0 Å². The Balaban J connectivity index is 1.94. The van der Waals surface area contributed by atoms with Crippen molar-refractivity contribution in [2.45, 2.75) is 6.42 Å². The lowest BCUT2D eigenvalue weighted by molar-refractivity contribution is 0.0991. The van der Waals surface area contributed by atoms with Crippen LogP contribution in [0.4, 0.5) is 11.4 Å². The summed E-state index contributed by atoms with van der Waals surface area (Å²) in [4.78, 5) is 15.3. The van der Waals surface area contributed by atoms with Gasteiger partial charge in [0.1, 0.15) is 5.75 Å². The molecule has 0 saturated heterocycles. The van der Waals surface area contributed by atoms with Gasteiger partial charge in [0, 0.05) is 24.5 Å². The van der Waals surface area contributed by atoms with E-state index in [1.807, 2.05) is 34.5 Å². The smallest absolute Gasteiger partial charge is 0.268 e. The van der Waals surface area contributed by atoms with Crippen LogP contribution in [-0.2, 0) is 0 Å². The van der Waals surface area contributed by atoms with E-state index in [0.29, 0.717) is 4.88 Å². The van der Waals surface area contributed by atoms with E-state index in [0.717, 1.165) is 36.6 Å². The zero-order chi connectivity index (χ0) is 13.9. The van der Waals surface area contributed by atoms with Gasteiger partial charge >= 0.3 is 0 Å². The molecule has 0 radical (unpaired) electrons. The second-order valence-electron chi connectivity index (χ2n) is 4.61. The fourth-order valence-electron chi connectivity index (χ4n) is 2.32. The van der Waals surface area contributed by atoms with Crippen molar-refractivity contribution in [3.63, 3.8) is 0 Å². The van der Waals surface area contributed by atoms with Crippen LogP contribution < -0.4 is 15.0 Å². The van der Waals surface area contributed by atoms with Gasteiger partial charge in [-0.3, -0.25) is 4.79 Å². The number of fused-ring (bicyclic) bond motifs is 1. The van der Waals surface area contributed by atoms with E-state index in [-0.39, 0.29) is 5.91 Å². The summed E-state index contributed by atoms with van der Waals surface area (Å²) in [6.45, 7) is 1.61. The van der Waals surface area contributed by atoms with Crippen molar-refractivity contribution in [1.29, 1.82) is 0 Å². The van der Waals surface area contributed by atoms with E-state index in [1.165, 1.54) is 11.3 Å². The molecule has 1 aromatic heterocycles. The highest BCUT2D eigenvalue weighted by Crippen LogP contribution is 2.31. The summed E-state index contributed by atoms with van der Waals surface area (Å²) in [6, 6.07) is 9.73. The molecule has 0 spiro atoms. The number of carbonyl (C=O) groups excluding carboxylic acids is 1. The third-order valence-electron chi connectivity index (χ3n) is 3.34. The van der Waals surface area contributed by atoms with E-state index >= 15 is 0 Å². The molecule has 0 atom stereocenters. The molecule has 2 heterocycles. The highest BCUT2D eigenvalue weighted by atomic mass is 32.1. The van der Waals surface area contributed by atoms with Crippen LogP contribution >= 0.6 is 11.3 Å². The summed E-state index contributed by atoms with van der Waals surface area (Å²) >= 11 is 1.42. The number of benzene rings is 1. The number of amides is 1. The normalized spacial score (nSPS) is 14.2. The first-order chi connectivity index (χ1) is 9.79. The summed E-state index contributed by atoms with van der Waals surface area (Å²) in [5, 5.41) is 5.22. The topological polar surface area (TPSA) is 41.6 Å². The molecule has 3 rings (SSSR count). The molecule has 20 heavy (non-hydrogen) atoms. The van der Waals surface area contributed by atoms with Crippen LogP contribution in [0.3, 0.4) is 0 Å². The molecule has 2 aromatic rings. The van der Waals surface area contributed by atoms with Gasteiger partial charge < -0.3 is 15.0 Å². The van der Waals surface area contributed by atoms with Gasteiger partial charge in [-0.1, -0.05) is 12.1 Å². The molecule has 1 N–H and O–H groups in total. The van der Waals surface area contributed by atoms with Crippen LogP contribution in [0.15, 0.2) is 35.7 Å². The number of thiophene rings is 1. The fraction of sp³-hybridized carbons (Fsp3) is 0.267. The SMILES string of the molecule is COc1csc(C(=O)N2CCCNc3ccccc32)c1. The molecular weight excluding hydrogens is 272 g/mol. The zero-order valence-corrected chi connectivity index (χ0v) is 12.1. The molecule has 1 aliphatic heterocycles. The maximum absolute atomic E-state index is 12.7. The summed E-state index contributed by atoms with van der Waals surface area (Å²) in [7, 11) is 1.61. The quantitative estimate of drug-likeness (QED) is 0.922. The van der Waals surface area contributed by atoms with Gasteiger partial charge in [-0.15, -0.1) is 11.3 Å². The summed E-state index contributed by atoms with van der Waals surface area (Å²) in [5.74, 6) is 0.772. The van der Waals surface area contributed by atoms with Crippen LogP contribution in [0.25, 0.3) is 0 Å². The zero-order valence-electron chi connectivity index (χ0n) is 11.3. The first-order valence-corrected chi connectivity index (χ1v) is 7.45. The van der Waals surface area contributed by atoms with Crippen molar-refractivity contribution in [2.24, 2.45) is 0 Å². The molecule has 4 nitrogen and oxygen atoms in total. The Morgan fingerprint density at radius 1 is 1.40 bits per heavy atom. The van der Waals surface area contributed by atoms with Crippen molar-refractivity contribution < 1.29 is 9.53 Å². The Morgan fingerprint density at radius 2 is 2.25 bits per heavy atom. The first-order valence-electron chi connectivity index (χ1n) is 6.57. The van der Waals surface area contributed by atoms with E-state index in [1.54, 1.807) is 13.2 Å². The van der Waals surface area contributed by atoms with Crippen LogP contribution in [0.2, 0.25) is 0 Å².